The van der Waals surface area contributed by atoms with Crippen LogP contribution >= 0.6 is 23.5 Å². The van der Waals surface area contributed by atoms with Gasteiger partial charge in [-0.2, -0.15) is 8.62 Å². The lowest BCUT2D eigenvalue weighted by Crippen LogP contribution is -2.34. The number of phosphoric ester groups is 1. The van der Waals surface area contributed by atoms with Gasteiger partial charge in [0.2, 0.25) is 0 Å². The van der Waals surface area contributed by atoms with Crippen LogP contribution in [0.4, 0.5) is 0 Å². The van der Waals surface area contributed by atoms with Crippen LogP contribution in [0.5, 0.6) is 0 Å². The van der Waals surface area contributed by atoms with Crippen molar-refractivity contribution in [2.75, 3.05) is 6.61 Å². The van der Waals surface area contributed by atoms with Crippen molar-refractivity contribution in [2.45, 2.75) is 45.0 Å². The zero-order valence-electron chi connectivity index (χ0n) is 19.6. The SMILES string of the molecule is Cc1ccccc1COCc1cn([C@H]2C[C@@H](O)[C@@H](COP(=O)(O)OP(=O)(O)OP(=O)(O)O)O2)c(=O)[nH]c1=O. The summed E-state index contributed by atoms with van der Waals surface area (Å²) in [6, 6.07) is 7.46. The fourth-order valence-electron chi connectivity index (χ4n) is 3.39. The highest BCUT2D eigenvalue weighted by Crippen LogP contribution is 2.66. The lowest BCUT2D eigenvalue weighted by molar-refractivity contribution is -0.0452. The first-order valence-corrected chi connectivity index (χ1v) is 15.2. The Bertz CT molecular complexity index is 1400. The van der Waals surface area contributed by atoms with Gasteiger partial charge in [0.1, 0.15) is 12.3 Å². The molecule has 2 heterocycles. The van der Waals surface area contributed by atoms with Crippen LogP contribution in [-0.4, -0.2) is 53.0 Å². The quantitative estimate of drug-likeness (QED) is 0.181. The Hall–Kier alpha value is -1.81. The molecular weight excluding hydrogens is 577 g/mol. The average Bonchev–Trinajstić information content (AvgIpc) is 3.13. The molecule has 0 bridgehead atoms. The monoisotopic (exact) mass is 602 g/mol. The molecule has 0 amide bonds. The van der Waals surface area contributed by atoms with Crippen molar-refractivity contribution >= 4 is 23.5 Å². The summed E-state index contributed by atoms with van der Waals surface area (Å²) >= 11 is 0. The summed E-state index contributed by atoms with van der Waals surface area (Å²) in [6.45, 7) is 1.03. The van der Waals surface area contributed by atoms with E-state index in [-0.39, 0.29) is 25.2 Å². The Kier molecular flexibility index (Phi) is 9.82. The molecule has 1 aliphatic rings. The number of benzene rings is 1. The fourth-order valence-corrected chi connectivity index (χ4v) is 6.42. The van der Waals surface area contributed by atoms with Gasteiger partial charge in [0.05, 0.1) is 31.5 Å². The molecule has 6 N–H and O–H groups in total. The van der Waals surface area contributed by atoms with Gasteiger partial charge >= 0.3 is 29.2 Å². The van der Waals surface area contributed by atoms with Crippen LogP contribution in [0.25, 0.3) is 0 Å². The largest absolute Gasteiger partial charge is 0.490 e. The molecule has 1 saturated heterocycles. The van der Waals surface area contributed by atoms with Crippen molar-refractivity contribution in [3.8, 4) is 0 Å². The van der Waals surface area contributed by atoms with Gasteiger partial charge in [-0.15, -0.1) is 0 Å². The van der Waals surface area contributed by atoms with E-state index in [0.717, 1.165) is 15.7 Å². The van der Waals surface area contributed by atoms with Crippen LogP contribution in [0.1, 0.15) is 29.3 Å². The predicted octanol–water partition coefficient (Wildman–Crippen LogP) is 0.554. The molecule has 1 aromatic carbocycles. The van der Waals surface area contributed by atoms with Crippen molar-refractivity contribution in [2.24, 2.45) is 0 Å². The third-order valence-corrected chi connectivity index (χ3v) is 8.95. The summed E-state index contributed by atoms with van der Waals surface area (Å²) in [5.41, 5.74) is 0.399. The number of aliphatic hydroxyl groups is 1. The second-order valence-electron chi connectivity index (χ2n) is 8.06. The lowest BCUT2D eigenvalue weighted by atomic mass is 10.1. The van der Waals surface area contributed by atoms with Crippen molar-refractivity contribution in [3.63, 3.8) is 0 Å². The number of hydrogen-bond donors (Lipinski definition) is 6. The standard InChI is InChI=1S/C18H25N2O15P3/c1-11-4-2-3-5-12(11)8-31-9-13-7-20(18(23)19-17(13)22)16-6-14(21)15(33-16)10-32-37(27,28)35-38(29,30)34-36(24,25)26/h2-5,7,14-16,21H,6,8-10H2,1H3,(H,27,28)(H,29,30)(H,19,22,23)(H2,24,25,26)/t14-,15-,16-/m1/s1. The van der Waals surface area contributed by atoms with Gasteiger partial charge in [-0.3, -0.25) is 18.9 Å². The molecule has 2 unspecified atom stereocenters. The molecular formula is C18H25N2O15P3. The van der Waals surface area contributed by atoms with E-state index in [0.29, 0.717) is 0 Å². The summed E-state index contributed by atoms with van der Waals surface area (Å²) in [7, 11) is -16.7. The summed E-state index contributed by atoms with van der Waals surface area (Å²) in [5.74, 6) is 0. The molecule has 1 fully saturated rings. The van der Waals surface area contributed by atoms with Gasteiger partial charge in [-0.05, 0) is 18.1 Å². The Morgan fingerprint density at radius 2 is 1.68 bits per heavy atom. The number of aromatic nitrogens is 2. The maximum absolute atomic E-state index is 12.4. The van der Waals surface area contributed by atoms with Gasteiger partial charge in [0.15, 0.2) is 0 Å². The molecule has 5 atom stereocenters. The molecule has 38 heavy (non-hydrogen) atoms. The highest BCUT2D eigenvalue weighted by molar-refractivity contribution is 7.66. The molecule has 1 aromatic heterocycles. The first kappa shape index (κ1) is 30.7. The third kappa shape index (κ3) is 8.86. The third-order valence-electron chi connectivity index (χ3n) is 5.15. The van der Waals surface area contributed by atoms with E-state index in [1.807, 2.05) is 31.2 Å². The Morgan fingerprint density at radius 3 is 2.34 bits per heavy atom. The minimum Gasteiger partial charge on any atom is -0.390 e. The first-order valence-electron chi connectivity index (χ1n) is 10.6. The number of phosphoric acid groups is 3. The molecule has 0 radical (unpaired) electrons. The number of hydrogen-bond acceptors (Lipinski definition) is 11. The summed E-state index contributed by atoms with van der Waals surface area (Å²) in [6.07, 6.45) is -2.92. The minimum absolute atomic E-state index is 0.0768. The van der Waals surface area contributed by atoms with Gasteiger partial charge in [0.25, 0.3) is 5.56 Å². The van der Waals surface area contributed by atoms with Crippen molar-refractivity contribution in [3.05, 3.63) is 68.0 Å². The number of nitrogens with zero attached hydrogens (tertiary/aromatic N) is 1. The summed E-state index contributed by atoms with van der Waals surface area (Å²) in [4.78, 5) is 62.5. The van der Waals surface area contributed by atoms with Gasteiger partial charge in [-0.25, -0.2) is 18.5 Å². The zero-order valence-corrected chi connectivity index (χ0v) is 22.2. The molecule has 0 spiro atoms. The molecule has 212 valence electrons. The fraction of sp³-hybridized carbons (Fsp3) is 0.444. The van der Waals surface area contributed by atoms with Crippen LogP contribution < -0.4 is 11.2 Å². The molecule has 0 saturated carbocycles. The van der Waals surface area contributed by atoms with Crippen molar-refractivity contribution in [1.29, 1.82) is 0 Å². The summed E-state index contributed by atoms with van der Waals surface area (Å²) in [5, 5.41) is 10.3. The molecule has 17 nitrogen and oxygen atoms in total. The van der Waals surface area contributed by atoms with Crippen LogP contribution in [0.3, 0.4) is 0 Å². The number of aromatic amines is 1. The van der Waals surface area contributed by atoms with Gasteiger partial charge in [-0.1, -0.05) is 24.3 Å². The van der Waals surface area contributed by atoms with E-state index >= 15 is 0 Å². The van der Waals surface area contributed by atoms with E-state index in [2.05, 4.69) is 18.1 Å². The lowest BCUT2D eigenvalue weighted by Gasteiger charge is -2.19. The maximum atomic E-state index is 12.4. The molecule has 20 heteroatoms. The Morgan fingerprint density at radius 1 is 1.03 bits per heavy atom. The Labute approximate surface area is 214 Å². The van der Waals surface area contributed by atoms with Crippen LogP contribution in [-0.2, 0) is 49.5 Å². The van der Waals surface area contributed by atoms with Crippen LogP contribution in [0.2, 0.25) is 0 Å². The molecule has 3 rings (SSSR count). The van der Waals surface area contributed by atoms with Gasteiger partial charge < -0.3 is 34.2 Å². The first-order chi connectivity index (χ1) is 17.6. The van der Waals surface area contributed by atoms with E-state index in [1.165, 1.54) is 6.20 Å². The smallest absolute Gasteiger partial charge is 0.390 e. The number of aliphatic hydroxyl groups excluding tert-OH is 1. The second kappa shape index (κ2) is 12.1. The van der Waals surface area contributed by atoms with Crippen molar-refractivity contribution < 1.29 is 61.0 Å². The normalized spacial score (nSPS) is 23.2. The van der Waals surface area contributed by atoms with Crippen molar-refractivity contribution in [1.82, 2.24) is 9.55 Å². The van der Waals surface area contributed by atoms with E-state index in [1.54, 1.807) is 0 Å². The number of rotatable bonds is 12. The second-order valence-corrected chi connectivity index (χ2v) is 12.5. The zero-order chi connectivity index (χ0) is 28.3. The van der Waals surface area contributed by atoms with E-state index in [9.17, 15) is 38.2 Å². The number of ether oxygens (including phenoxy) is 2. The minimum atomic E-state index is -5.72. The van der Waals surface area contributed by atoms with Crippen LogP contribution in [0, 0.1) is 6.92 Å². The highest BCUT2D eigenvalue weighted by atomic mass is 31.3. The molecule has 2 aromatic rings. The highest BCUT2D eigenvalue weighted by Gasteiger charge is 2.43. The summed E-state index contributed by atoms with van der Waals surface area (Å²) < 4.78 is 57.7. The number of H-pyrrole nitrogens is 1. The number of aryl methyl sites for hydroxylation is 1. The average molecular weight is 602 g/mol. The molecule has 0 aliphatic carbocycles. The Balaban J connectivity index is 1.63. The predicted molar refractivity (Wildman–Crippen MR) is 125 cm³/mol. The van der Waals surface area contributed by atoms with E-state index in [4.69, 9.17) is 19.3 Å². The van der Waals surface area contributed by atoms with Crippen LogP contribution in [0.15, 0.2) is 40.1 Å². The maximum Gasteiger partial charge on any atom is 0.490 e. The van der Waals surface area contributed by atoms with E-state index < -0.39 is 59.8 Å². The number of nitrogens with one attached hydrogen (secondary N) is 1. The van der Waals surface area contributed by atoms with Gasteiger partial charge in [0, 0.05) is 12.6 Å². The molecule has 1 aliphatic heterocycles. The topological polar surface area (TPSA) is 253 Å².